The number of nitrogens with one attached hydrogen (secondary N) is 1. The van der Waals surface area contributed by atoms with E-state index < -0.39 is 17.3 Å². The van der Waals surface area contributed by atoms with E-state index in [1.807, 2.05) is 6.07 Å². The van der Waals surface area contributed by atoms with Crippen LogP contribution in [0.5, 0.6) is 0 Å². The SMILES string of the molecule is CC(F)(F)c1ccc(CN2CCN(C(=O)c3cc4cc(Cl)ccc4[nH]3)CC2)cc1F. The van der Waals surface area contributed by atoms with E-state index >= 15 is 0 Å². The molecular formula is C22H21ClF3N3O. The number of piperazine rings is 1. The largest absolute Gasteiger partial charge is 0.351 e. The molecule has 1 amide bonds. The van der Waals surface area contributed by atoms with Gasteiger partial charge in [0, 0.05) is 55.6 Å². The van der Waals surface area contributed by atoms with Crippen LogP contribution in [0.15, 0.2) is 42.5 Å². The molecule has 2 aromatic carbocycles. The lowest BCUT2D eigenvalue weighted by Crippen LogP contribution is -2.48. The maximum absolute atomic E-state index is 14.0. The van der Waals surface area contributed by atoms with Crippen LogP contribution < -0.4 is 0 Å². The number of aromatic nitrogens is 1. The lowest BCUT2D eigenvalue weighted by Gasteiger charge is -2.34. The molecule has 2 heterocycles. The number of carbonyl (C=O) groups is 1. The lowest BCUT2D eigenvalue weighted by atomic mass is 10.1. The molecule has 0 radical (unpaired) electrons. The molecule has 0 unspecified atom stereocenters. The Labute approximate surface area is 177 Å². The maximum atomic E-state index is 14.0. The molecule has 1 aliphatic rings. The van der Waals surface area contributed by atoms with Gasteiger partial charge in [-0.1, -0.05) is 17.7 Å². The molecule has 0 aliphatic carbocycles. The van der Waals surface area contributed by atoms with Crippen LogP contribution in [0.4, 0.5) is 13.2 Å². The van der Waals surface area contributed by atoms with Crippen LogP contribution in [-0.4, -0.2) is 46.9 Å². The Morgan fingerprint density at radius 2 is 1.83 bits per heavy atom. The highest BCUT2D eigenvalue weighted by molar-refractivity contribution is 6.31. The fourth-order valence-electron chi connectivity index (χ4n) is 3.77. The predicted octanol–water partition coefficient (Wildman–Crippen LogP) is 5.03. The van der Waals surface area contributed by atoms with E-state index in [-0.39, 0.29) is 5.91 Å². The predicted molar refractivity (Wildman–Crippen MR) is 110 cm³/mol. The van der Waals surface area contributed by atoms with Crippen molar-refractivity contribution < 1.29 is 18.0 Å². The number of rotatable bonds is 4. The van der Waals surface area contributed by atoms with Crippen LogP contribution in [0.3, 0.4) is 0 Å². The van der Waals surface area contributed by atoms with Gasteiger partial charge < -0.3 is 9.88 Å². The Balaban J connectivity index is 1.37. The second kappa shape index (κ2) is 7.96. The van der Waals surface area contributed by atoms with Crippen molar-refractivity contribution in [3.63, 3.8) is 0 Å². The Morgan fingerprint density at radius 1 is 1.10 bits per heavy atom. The molecule has 4 rings (SSSR count). The summed E-state index contributed by atoms with van der Waals surface area (Å²) in [6.45, 7) is 3.42. The minimum absolute atomic E-state index is 0.0810. The first-order chi connectivity index (χ1) is 14.2. The Morgan fingerprint density at radius 3 is 2.50 bits per heavy atom. The summed E-state index contributed by atoms with van der Waals surface area (Å²) < 4.78 is 40.7. The molecule has 8 heteroatoms. The fraction of sp³-hybridized carbons (Fsp3) is 0.318. The zero-order chi connectivity index (χ0) is 21.5. The van der Waals surface area contributed by atoms with Crippen molar-refractivity contribution in [3.8, 4) is 0 Å². The fourth-order valence-corrected chi connectivity index (χ4v) is 3.95. The van der Waals surface area contributed by atoms with Gasteiger partial charge in [-0.25, -0.2) is 13.2 Å². The van der Waals surface area contributed by atoms with Crippen molar-refractivity contribution in [1.29, 1.82) is 0 Å². The number of fused-ring (bicyclic) bond motifs is 1. The van der Waals surface area contributed by atoms with Gasteiger partial charge in [0.05, 0.1) is 5.56 Å². The Hall–Kier alpha value is -2.51. The van der Waals surface area contributed by atoms with E-state index in [9.17, 15) is 18.0 Å². The average molecular weight is 436 g/mol. The van der Waals surface area contributed by atoms with E-state index in [2.05, 4.69) is 9.88 Å². The van der Waals surface area contributed by atoms with Crippen LogP contribution in [0.1, 0.15) is 28.5 Å². The van der Waals surface area contributed by atoms with Crippen molar-refractivity contribution in [1.82, 2.24) is 14.8 Å². The van der Waals surface area contributed by atoms with E-state index in [1.165, 1.54) is 12.1 Å². The molecule has 0 saturated carbocycles. The number of carbonyl (C=O) groups excluding carboxylic acids is 1. The van der Waals surface area contributed by atoms with Crippen LogP contribution in [0.25, 0.3) is 10.9 Å². The van der Waals surface area contributed by atoms with Crippen molar-refractivity contribution in [2.45, 2.75) is 19.4 Å². The number of benzene rings is 2. The van der Waals surface area contributed by atoms with Gasteiger partial charge in [0.2, 0.25) is 0 Å². The number of aromatic amines is 1. The Kier molecular flexibility index (Phi) is 5.51. The molecule has 4 nitrogen and oxygen atoms in total. The molecular weight excluding hydrogens is 415 g/mol. The minimum Gasteiger partial charge on any atom is -0.351 e. The molecule has 30 heavy (non-hydrogen) atoms. The summed E-state index contributed by atoms with van der Waals surface area (Å²) in [5.74, 6) is -4.18. The number of amides is 1. The summed E-state index contributed by atoms with van der Waals surface area (Å²) in [6.07, 6.45) is 0. The molecule has 1 fully saturated rings. The highest BCUT2D eigenvalue weighted by atomic mass is 35.5. The first kappa shape index (κ1) is 20.8. The van der Waals surface area contributed by atoms with Crippen LogP contribution >= 0.6 is 11.6 Å². The Bertz CT molecular complexity index is 1080. The normalized spacial score (nSPS) is 15.7. The van der Waals surface area contributed by atoms with E-state index in [0.29, 0.717) is 55.9 Å². The zero-order valence-electron chi connectivity index (χ0n) is 16.4. The second-order valence-electron chi connectivity index (χ2n) is 7.69. The summed E-state index contributed by atoms with van der Waals surface area (Å²) in [6, 6.07) is 11.1. The summed E-state index contributed by atoms with van der Waals surface area (Å²) in [5, 5.41) is 1.49. The topological polar surface area (TPSA) is 39.3 Å². The number of hydrogen-bond acceptors (Lipinski definition) is 2. The van der Waals surface area contributed by atoms with Gasteiger partial charge in [-0.05, 0) is 42.0 Å². The lowest BCUT2D eigenvalue weighted by molar-refractivity contribution is 0.0137. The molecule has 1 aliphatic heterocycles. The van der Waals surface area contributed by atoms with Crippen molar-refractivity contribution >= 4 is 28.4 Å². The average Bonchev–Trinajstić information content (AvgIpc) is 3.10. The van der Waals surface area contributed by atoms with Crippen molar-refractivity contribution in [2.75, 3.05) is 26.2 Å². The third-order valence-corrected chi connectivity index (χ3v) is 5.62. The number of halogens is 4. The number of nitrogens with zero attached hydrogens (tertiary/aromatic N) is 2. The summed E-state index contributed by atoms with van der Waals surface area (Å²) in [7, 11) is 0. The van der Waals surface area contributed by atoms with Gasteiger partial charge in [0.15, 0.2) is 0 Å². The summed E-state index contributed by atoms with van der Waals surface area (Å²) in [4.78, 5) is 19.8. The van der Waals surface area contributed by atoms with Gasteiger partial charge in [0.1, 0.15) is 11.5 Å². The highest BCUT2D eigenvalue weighted by Crippen LogP contribution is 2.30. The second-order valence-corrected chi connectivity index (χ2v) is 8.12. The van der Waals surface area contributed by atoms with E-state index in [0.717, 1.165) is 17.0 Å². The standard InChI is InChI=1S/C22H21ClF3N3O/c1-22(25,26)17-4-2-14(10-18(17)24)13-28-6-8-29(9-7-28)21(30)20-12-15-11-16(23)3-5-19(15)27-20/h2-5,10-12,27H,6-9,13H2,1H3. The van der Waals surface area contributed by atoms with Gasteiger partial charge in [-0.2, -0.15) is 0 Å². The van der Waals surface area contributed by atoms with Gasteiger partial charge >= 0.3 is 0 Å². The smallest absolute Gasteiger partial charge is 0.273 e. The molecule has 1 aromatic heterocycles. The molecule has 158 valence electrons. The third-order valence-electron chi connectivity index (χ3n) is 5.39. The first-order valence-electron chi connectivity index (χ1n) is 9.67. The van der Waals surface area contributed by atoms with Crippen LogP contribution in [-0.2, 0) is 12.5 Å². The van der Waals surface area contributed by atoms with Crippen LogP contribution in [0, 0.1) is 5.82 Å². The van der Waals surface area contributed by atoms with E-state index in [4.69, 9.17) is 11.6 Å². The minimum atomic E-state index is -3.21. The summed E-state index contributed by atoms with van der Waals surface area (Å²) >= 11 is 6.00. The van der Waals surface area contributed by atoms with Gasteiger partial charge in [-0.3, -0.25) is 9.69 Å². The highest BCUT2D eigenvalue weighted by Gasteiger charge is 2.28. The molecule has 1 N–H and O–H groups in total. The van der Waals surface area contributed by atoms with E-state index in [1.54, 1.807) is 23.1 Å². The van der Waals surface area contributed by atoms with Gasteiger partial charge in [-0.15, -0.1) is 0 Å². The van der Waals surface area contributed by atoms with Gasteiger partial charge in [0.25, 0.3) is 11.8 Å². The molecule has 0 atom stereocenters. The number of alkyl halides is 2. The molecule has 3 aromatic rings. The number of hydrogen-bond donors (Lipinski definition) is 1. The molecule has 0 spiro atoms. The van der Waals surface area contributed by atoms with Crippen molar-refractivity contribution in [2.24, 2.45) is 0 Å². The van der Waals surface area contributed by atoms with Crippen LogP contribution in [0.2, 0.25) is 5.02 Å². The van der Waals surface area contributed by atoms with Crippen molar-refractivity contribution in [3.05, 3.63) is 70.1 Å². The zero-order valence-corrected chi connectivity index (χ0v) is 17.1. The molecule has 1 saturated heterocycles. The quantitative estimate of drug-likeness (QED) is 0.624. The first-order valence-corrected chi connectivity index (χ1v) is 10.0. The monoisotopic (exact) mass is 435 g/mol. The maximum Gasteiger partial charge on any atom is 0.273 e. The molecule has 0 bridgehead atoms. The number of H-pyrrole nitrogens is 1. The third kappa shape index (κ3) is 4.32. The summed E-state index contributed by atoms with van der Waals surface area (Å²) in [5.41, 5.74) is 1.40.